The highest BCUT2D eigenvalue weighted by Gasteiger charge is 2.24. The van der Waals surface area contributed by atoms with Crippen LogP contribution in [0.5, 0.6) is 0 Å². The number of para-hydroxylation sites is 1. The smallest absolute Gasteiger partial charge is 0.246 e. The van der Waals surface area contributed by atoms with Crippen LogP contribution in [0.15, 0.2) is 58.9 Å². The number of nitrogens with zero attached hydrogens (tertiary/aromatic N) is 3. The molecule has 1 amide bonds. The molecule has 0 aliphatic rings. The molecule has 0 aliphatic heterocycles. The fraction of sp³-hybridized carbons (Fsp3) is 0.286. The van der Waals surface area contributed by atoms with Crippen molar-refractivity contribution in [3.05, 3.63) is 65.7 Å². The van der Waals surface area contributed by atoms with E-state index in [0.717, 1.165) is 26.2 Å². The maximum absolute atomic E-state index is 12.6. The van der Waals surface area contributed by atoms with Crippen molar-refractivity contribution in [2.24, 2.45) is 0 Å². The van der Waals surface area contributed by atoms with Crippen molar-refractivity contribution in [3.8, 4) is 0 Å². The monoisotopic (exact) mass is 476 g/mol. The second kappa shape index (κ2) is 10.3. The molecular weight excluding hydrogens is 452 g/mol. The Morgan fingerprint density at radius 1 is 1.10 bits per heavy atom. The molecule has 3 aromatic rings. The molecule has 0 fully saturated rings. The normalized spacial score (nSPS) is 11.5. The molecule has 0 aliphatic carbocycles. The van der Waals surface area contributed by atoms with E-state index >= 15 is 0 Å². The van der Waals surface area contributed by atoms with Crippen molar-refractivity contribution in [2.75, 3.05) is 22.4 Å². The van der Waals surface area contributed by atoms with Crippen molar-refractivity contribution in [3.63, 3.8) is 0 Å². The molecule has 31 heavy (non-hydrogen) atoms. The van der Waals surface area contributed by atoms with Crippen LogP contribution in [0.2, 0.25) is 0 Å². The summed E-state index contributed by atoms with van der Waals surface area (Å²) in [6.07, 6.45) is 1.10. The van der Waals surface area contributed by atoms with Crippen molar-refractivity contribution in [1.29, 1.82) is 0 Å². The van der Waals surface area contributed by atoms with Crippen LogP contribution in [-0.2, 0) is 20.6 Å². The fourth-order valence-corrected chi connectivity index (χ4v) is 5.51. The number of hydrogen-bond donors (Lipinski definition) is 1. The lowest BCUT2D eigenvalue weighted by Gasteiger charge is -2.25. The molecule has 2 aromatic carbocycles. The number of hydrogen-bond acceptors (Lipinski definition) is 7. The fourth-order valence-electron chi connectivity index (χ4n) is 2.91. The number of carbonyl (C=O) groups excluding carboxylic acids is 1. The molecule has 0 saturated heterocycles. The average molecular weight is 477 g/mol. The summed E-state index contributed by atoms with van der Waals surface area (Å²) in [5, 5.41) is 11.1. The molecule has 1 N–H and O–H groups in total. The van der Waals surface area contributed by atoms with E-state index < -0.39 is 15.9 Å². The zero-order valence-corrected chi connectivity index (χ0v) is 19.9. The SMILES string of the molecule is CC(C)c1ccccc1N(CC(=O)Nc1nnc(SCc2ccccc2)s1)S(C)(=O)=O. The lowest BCUT2D eigenvalue weighted by Crippen LogP contribution is -2.38. The van der Waals surface area contributed by atoms with Crippen molar-refractivity contribution >= 4 is 49.8 Å². The zero-order valence-electron chi connectivity index (χ0n) is 17.5. The van der Waals surface area contributed by atoms with Gasteiger partial charge in [0, 0.05) is 5.75 Å². The molecule has 0 unspecified atom stereocenters. The highest BCUT2D eigenvalue weighted by Crippen LogP contribution is 2.30. The van der Waals surface area contributed by atoms with E-state index in [1.807, 2.05) is 56.3 Å². The number of nitrogens with one attached hydrogen (secondary N) is 1. The Bertz CT molecular complexity index is 1130. The summed E-state index contributed by atoms with van der Waals surface area (Å²) in [6.45, 7) is 3.62. The Balaban J connectivity index is 1.68. The molecule has 3 rings (SSSR count). The van der Waals surface area contributed by atoms with Gasteiger partial charge in [-0.1, -0.05) is 85.5 Å². The maximum Gasteiger partial charge on any atom is 0.246 e. The minimum Gasteiger partial charge on any atom is -0.299 e. The lowest BCUT2D eigenvalue weighted by molar-refractivity contribution is -0.114. The molecule has 0 atom stereocenters. The van der Waals surface area contributed by atoms with Crippen LogP contribution in [0.1, 0.15) is 30.9 Å². The second-order valence-electron chi connectivity index (χ2n) is 7.18. The Labute approximate surface area is 191 Å². The number of carbonyl (C=O) groups is 1. The molecular formula is C21H24N4O3S3. The third-order valence-corrected chi connectivity index (χ3v) is 7.54. The Hall–Kier alpha value is -2.43. The minimum absolute atomic E-state index is 0.107. The van der Waals surface area contributed by atoms with E-state index in [1.54, 1.807) is 12.1 Å². The third-order valence-electron chi connectivity index (χ3n) is 4.37. The first-order valence-electron chi connectivity index (χ1n) is 9.60. The van der Waals surface area contributed by atoms with Gasteiger partial charge in [0.25, 0.3) is 0 Å². The number of thioether (sulfide) groups is 1. The second-order valence-corrected chi connectivity index (χ2v) is 11.3. The summed E-state index contributed by atoms with van der Waals surface area (Å²) in [5.74, 6) is 0.382. The van der Waals surface area contributed by atoms with Crippen molar-refractivity contribution in [1.82, 2.24) is 10.2 Å². The van der Waals surface area contributed by atoms with Gasteiger partial charge in [0.15, 0.2) is 4.34 Å². The number of benzene rings is 2. The van der Waals surface area contributed by atoms with E-state index in [1.165, 1.54) is 28.7 Å². The van der Waals surface area contributed by atoms with Crippen LogP contribution in [0.4, 0.5) is 10.8 Å². The van der Waals surface area contributed by atoms with Gasteiger partial charge in [0.05, 0.1) is 11.9 Å². The largest absolute Gasteiger partial charge is 0.299 e. The Morgan fingerprint density at radius 2 is 1.77 bits per heavy atom. The van der Waals surface area contributed by atoms with Crippen LogP contribution < -0.4 is 9.62 Å². The minimum atomic E-state index is -3.66. The molecule has 10 heteroatoms. The first-order valence-corrected chi connectivity index (χ1v) is 13.3. The topological polar surface area (TPSA) is 92.3 Å². The predicted octanol–water partition coefficient (Wildman–Crippen LogP) is 4.36. The molecule has 0 bridgehead atoms. The lowest BCUT2D eigenvalue weighted by atomic mass is 10.0. The highest BCUT2D eigenvalue weighted by molar-refractivity contribution is 8.00. The maximum atomic E-state index is 12.6. The van der Waals surface area contributed by atoms with E-state index in [4.69, 9.17) is 0 Å². The highest BCUT2D eigenvalue weighted by atomic mass is 32.2. The van der Waals surface area contributed by atoms with E-state index in [2.05, 4.69) is 15.5 Å². The molecule has 0 radical (unpaired) electrons. The summed E-state index contributed by atoms with van der Waals surface area (Å²) in [5.41, 5.74) is 2.53. The standard InChI is InChI=1S/C21H24N4O3S3/c1-15(2)17-11-7-8-12-18(17)25(31(3,27)28)13-19(26)22-20-23-24-21(30-20)29-14-16-9-5-4-6-10-16/h4-12,15H,13-14H2,1-3H3,(H,22,23,26). The number of aromatic nitrogens is 2. The van der Waals surface area contributed by atoms with Crippen LogP contribution in [0, 0.1) is 0 Å². The number of sulfonamides is 1. The molecule has 0 spiro atoms. The van der Waals surface area contributed by atoms with E-state index in [0.29, 0.717) is 10.8 Å². The zero-order chi connectivity index (χ0) is 22.4. The molecule has 0 saturated carbocycles. The molecule has 7 nitrogen and oxygen atoms in total. The van der Waals surface area contributed by atoms with Gasteiger partial charge in [-0.05, 0) is 23.1 Å². The van der Waals surface area contributed by atoms with Gasteiger partial charge in [-0.3, -0.25) is 14.4 Å². The first-order chi connectivity index (χ1) is 14.7. The average Bonchev–Trinajstić information content (AvgIpc) is 3.17. The Morgan fingerprint density at radius 3 is 2.45 bits per heavy atom. The third kappa shape index (κ3) is 6.52. The summed E-state index contributed by atoms with van der Waals surface area (Å²) < 4.78 is 26.7. The van der Waals surface area contributed by atoms with Gasteiger partial charge in [0.2, 0.25) is 21.1 Å². The summed E-state index contributed by atoms with van der Waals surface area (Å²) in [7, 11) is -3.66. The van der Waals surface area contributed by atoms with Gasteiger partial charge in [-0.25, -0.2) is 8.42 Å². The van der Waals surface area contributed by atoms with Crippen LogP contribution in [0.25, 0.3) is 0 Å². The van der Waals surface area contributed by atoms with Gasteiger partial charge >= 0.3 is 0 Å². The van der Waals surface area contributed by atoms with Crippen LogP contribution in [0.3, 0.4) is 0 Å². The summed E-state index contributed by atoms with van der Waals surface area (Å²) in [4.78, 5) is 12.6. The van der Waals surface area contributed by atoms with E-state index in [9.17, 15) is 13.2 Å². The Kier molecular flexibility index (Phi) is 7.69. The summed E-state index contributed by atoms with van der Waals surface area (Å²) in [6, 6.07) is 17.2. The van der Waals surface area contributed by atoms with Gasteiger partial charge in [-0.15, -0.1) is 10.2 Å². The predicted molar refractivity (Wildman–Crippen MR) is 127 cm³/mol. The first kappa shape index (κ1) is 23.2. The number of rotatable bonds is 9. The van der Waals surface area contributed by atoms with Gasteiger partial charge < -0.3 is 0 Å². The van der Waals surface area contributed by atoms with Gasteiger partial charge in [0.1, 0.15) is 6.54 Å². The van der Waals surface area contributed by atoms with Crippen molar-refractivity contribution < 1.29 is 13.2 Å². The van der Waals surface area contributed by atoms with Gasteiger partial charge in [-0.2, -0.15) is 0 Å². The molecule has 1 aromatic heterocycles. The van der Waals surface area contributed by atoms with E-state index in [-0.39, 0.29) is 12.5 Å². The quantitative estimate of drug-likeness (QED) is 0.364. The van der Waals surface area contributed by atoms with Crippen LogP contribution in [-0.4, -0.2) is 37.3 Å². The molecule has 1 heterocycles. The van der Waals surface area contributed by atoms with Crippen LogP contribution >= 0.6 is 23.1 Å². The molecule has 164 valence electrons. The number of amides is 1. The number of anilines is 2. The van der Waals surface area contributed by atoms with Crippen molar-refractivity contribution in [2.45, 2.75) is 29.9 Å². The summed E-state index contributed by atoms with van der Waals surface area (Å²) >= 11 is 2.79.